The summed E-state index contributed by atoms with van der Waals surface area (Å²) < 4.78 is 5.27. The highest BCUT2D eigenvalue weighted by molar-refractivity contribution is 5.89. The molecule has 0 saturated carbocycles. The molecule has 27 heavy (non-hydrogen) atoms. The van der Waals surface area contributed by atoms with Crippen LogP contribution in [0.25, 0.3) is 21.7 Å². The molecule has 0 aliphatic carbocycles. The number of carbonyl (C=O) groups is 1. The van der Waals surface area contributed by atoms with Gasteiger partial charge in [0.25, 0.3) is 0 Å². The van der Waals surface area contributed by atoms with Gasteiger partial charge in [0, 0.05) is 30.7 Å². The Morgan fingerprint density at radius 2 is 1.81 bits per heavy atom. The number of fused-ring (bicyclic) bond motifs is 2. The molecule has 0 fully saturated rings. The van der Waals surface area contributed by atoms with E-state index in [1.165, 1.54) is 0 Å². The first-order valence-corrected chi connectivity index (χ1v) is 8.99. The van der Waals surface area contributed by atoms with E-state index in [1.54, 1.807) is 12.0 Å². The fraction of sp³-hybridized carbons (Fsp3) is 0.174. The van der Waals surface area contributed by atoms with Gasteiger partial charge in [-0.2, -0.15) is 0 Å². The number of hydrogen-bond acceptors (Lipinski definition) is 2. The van der Waals surface area contributed by atoms with E-state index in [0.29, 0.717) is 13.0 Å². The zero-order valence-corrected chi connectivity index (χ0v) is 15.5. The number of nitrogens with zero attached hydrogens (tertiary/aromatic N) is 1. The summed E-state index contributed by atoms with van der Waals surface area (Å²) in [4.78, 5) is 17.7. The molecule has 0 spiro atoms. The normalized spacial score (nSPS) is 11.0. The van der Waals surface area contributed by atoms with Gasteiger partial charge in [0.15, 0.2) is 0 Å². The number of amides is 1. The van der Waals surface area contributed by atoms with Crippen LogP contribution < -0.4 is 4.74 Å². The van der Waals surface area contributed by atoms with Crippen LogP contribution in [-0.4, -0.2) is 29.9 Å². The van der Waals surface area contributed by atoms with Crippen molar-refractivity contribution in [2.45, 2.75) is 13.0 Å². The van der Waals surface area contributed by atoms with Crippen LogP contribution in [0.5, 0.6) is 5.75 Å². The van der Waals surface area contributed by atoms with Crippen LogP contribution in [0.15, 0.2) is 66.9 Å². The van der Waals surface area contributed by atoms with Crippen molar-refractivity contribution in [1.82, 2.24) is 9.88 Å². The molecule has 0 atom stereocenters. The highest BCUT2D eigenvalue weighted by Crippen LogP contribution is 2.23. The Bertz CT molecular complexity index is 1110. The fourth-order valence-electron chi connectivity index (χ4n) is 3.44. The molecule has 1 amide bonds. The molecule has 4 nitrogen and oxygen atoms in total. The van der Waals surface area contributed by atoms with Gasteiger partial charge in [-0.1, -0.05) is 36.4 Å². The van der Waals surface area contributed by atoms with E-state index in [1.807, 2.05) is 55.7 Å². The molecule has 1 N–H and O–H groups in total. The summed E-state index contributed by atoms with van der Waals surface area (Å²) in [6.45, 7) is 0.586. The molecular formula is C23H22N2O2. The Balaban J connectivity index is 1.48. The monoisotopic (exact) mass is 358 g/mol. The number of benzene rings is 3. The third kappa shape index (κ3) is 3.51. The van der Waals surface area contributed by atoms with E-state index in [2.05, 4.69) is 23.2 Å². The van der Waals surface area contributed by atoms with Gasteiger partial charge in [0.2, 0.25) is 5.91 Å². The largest absolute Gasteiger partial charge is 0.497 e. The molecule has 136 valence electrons. The second kappa shape index (κ2) is 7.16. The average Bonchev–Trinajstić information content (AvgIpc) is 3.10. The van der Waals surface area contributed by atoms with Gasteiger partial charge in [-0.05, 0) is 46.2 Å². The van der Waals surface area contributed by atoms with Gasteiger partial charge in [-0.3, -0.25) is 4.79 Å². The van der Waals surface area contributed by atoms with Gasteiger partial charge < -0.3 is 14.6 Å². The van der Waals surface area contributed by atoms with E-state index >= 15 is 0 Å². The number of para-hydroxylation sites is 1. The van der Waals surface area contributed by atoms with E-state index in [4.69, 9.17) is 4.74 Å². The third-order valence-electron chi connectivity index (χ3n) is 4.97. The number of nitrogens with one attached hydrogen (secondary N) is 1. The topological polar surface area (TPSA) is 45.3 Å². The number of H-pyrrole nitrogens is 1. The van der Waals surface area contributed by atoms with Gasteiger partial charge >= 0.3 is 0 Å². The molecule has 1 heterocycles. The second-order valence-electron chi connectivity index (χ2n) is 6.83. The molecule has 4 rings (SSSR count). The quantitative estimate of drug-likeness (QED) is 0.570. The first-order valence-electron chi connectivity index (χ1n) is 8.99. The van der Waals surface area contributed by atoms with Crippen LogP contribution >= 0.6 is 0 Å². The number of methoxy groups -OCH3 is 1. The predicted octanol–water partition coefficient (Wildman–Crippen LogP) is 4.53. The number of likely N-dealkylation sites (N-methyl/N-ethyl adjacent to an activating group) is 1. The molecule has 0 bridgehead atoms. The minimum Gasteiger partial charge on any atom is -0.497 e. The van der Waals surface area contributed by atoms with Crippen LogP contribution in [0.2, 0.25) is 0 Å². The first-order chi connectivity index (χ1) is 13.1. The smallest absolute Gasteiger partial charge is 0.227 e. The molecule has 3 aromatic carbocycles. The summed E-state index contributed by atoms with van der Waals surface area (Å²) in [5.41, 5.74) is 3.21. The molecule has 0 saturated heterocycles. The van der Waals surface area contributed by atoms with Gasteiger partial charge in [0.1, 0.15) is 5.75 Å². The Morgan fingerprint density at radius 3 is 2.67 bits per heavy atom. The highest BCUT2D eigenvalue weighted by atomic mass is 16.5. The van der Waals surface area contributed by atoms with E-state index in [-0.39, 0.29) is 5.91 Å². The van der Waals surface area contributed by atoms with Crippen molar-refractivity contribution in [3.63, 3.8) is 0 Å². The number of rotatable bonds is 5. The Hall–Kier alpha value is -3.27. The fourth-order valence-corrected chi connectivity index (χ4v) is 3.44. The minimum absolute atomic E-state index is 0.106. The summed E-state index contributed by atoms with van der Waals surface area (Å²) in [6.07, 6.45) is 2.32. The molecule has 4 aromatic rings. The molecule has 4 heteroatoms. The standard InChI is InChI=1S/C23H22N2O2/c1-25(23(26)13-19-14-24-22-6-4-3-5-21(19)22)15-16-7-8-18-12-20(27-2)10-9-17(18)11-16/h3-12,14,24H,13,15H2,1-2H3. The van der Waals surface area contributed by atoms with Crippen LogP contribution in [0, 0.1) is 0 Å². The zero-order valence-electron chi connectivity index (χ0n) is 15.5. The first kappa shape index (κ1) is 17.2. The summed E-state index contributed by atoms with van der Waals surface area (Å²) >= 11 is 0. The number of hydrogen-bond donors (Lipinski definition) is 1. The summed E-state index contributed by atoms with van der Waals surface area (Å²) in [6, 6.07) is 20.4. The van der Waals surface area contributed by atoms with Crippen molar-refractivity contribution in [1.29, 1.82) is 0 Å². The molecule has 0 unspecified atom stereocenters. The Morgan fingerprint density at radius 1 is 1.04 bits per heavy atom. The zero-order chi connectivity index (χ0) is 18.8. The van der Waals surface area contributed by atoms with E-state index in [0.717, 1.165) is 38.6 Å². The van der Waals surface area contributed by atoms with Crippen molar-refractivity contribution in [2.75, 3.05) is 14.2 Å². The number of aromatic nitrogens is 1. The van der Waals surface area contributed by atoms with Crippen LogP contribution in [0.4, 0.5) is 0 Å². The lowest BCUT2D eigenvalue weighted by Crippen LogP contribution is -2.27. The lowest BCUT2D eigenvalue weighted by Gasteiger charge is -2.17. The maximum Gasteiger partial charge on any atom is 0.227 e. The maximum atomic E-state index is 12.7. The number of aromatic amines is 1. The lowest BCUT2D eigenvalue weighted by molar-refractivity contribution is -0.129. The van der Waals surface area contributed by atoms with Crippen molar-refractivity contribution < 1.29 is 9.53 Å². The minimum atomic E-state index is 0.106. The van der Waals surface area contributed by atoms with E-state index in [9.17, 15) is 4.79 Å². The average molecular weight is 358 g/mol. The maximum absolute atomic E-state index is 12.7. The van der Waals surface area contributed by atoms with Crippen molar-refractivity contribution >= 4 is 27.6 Å². The molecule has 0 aliphatic heterocycles. The van der Waals surface area contributed by atoms with Crippen LogP contribution in [-0.2, 0) is 17.8 Å². The van der Waals surface area contributed by atoms with Gasteiger partial charge in [-0.15, -0.1) is 0 Å². The van der Waals surface area contributed by atoms with Gasteiger partial charge in [-0.25, -0.2) is 0 Å². The lowest BCUT2D eigenvalue weighted by atomic mass is 10.1. The van der Waals surface area contributed by atoms with Crippen LogP contribution in [0.3, 0.4) is 0 Å². The summed E-state index contributed by atoms with van der Waals surface area (Å²) in [7, 11) is 3.53. The van der Waals surface area contributed by atoms with Crippen molar-refractivity contribution in [3.8, 4) is 5.75 Å². The third-order valence-corrected chi connectivity index (χ3v) is 4.97. The molecular weight excluding hydrogens is 336 g/mol. The summed E-state index contributed by atoms with van der Waals surface area (Å²) in [5.74, 6) is 0.954. The number of carbonyl (C=O) groups excluding carboxylic acids is 1. The SMILES string of the molecule is COc1ccc2cc(CN(C)C(=O)Cc3c[nH]c4ccccc34)ccc2c1. The molecule has 1 aromatic heterocycles. The van der Waals surface area contributed by atoms with E-state index < -0.39 is 0 Å². The Kier molecular flexibility index (Phi) is 4.55. The van der Waals surface area contributed by atoms with Crippen molar-refractivity contribution in [3.05, 3.63) is 78.0 Å². The second-order valence-corrected chi connectivity index (χ2v) is 6.83. The van der Waals surface area contributed by atoms with Gasteiger partial charge in [0.05, 0.1) is 13.5 Å². The number of ether oxygens (including phenoxy) is 1. The predicted molar refractivity (Wildman–Crippen MR) is 109 cm³/mol. The van der Waals surface area contributed by atoms with Crippen LogP contribution in [0.1, 0.15) is 11.1 Å². The molecule has 0 aliphatic rings. The summed E-state index contributed by atoms with van der Waals surface area (Å²) in [5, 5.41) is 3.38. The molecule has 0 radical (unpaired) electrons. The van der Waals surface area contributed by atoms with Crippen molar-refractivity contribution in [2.24, 2.45) is 0 Å². The highest BCUT2D eigenvalue weighted by Gasteiger charge is 2.13. The Labute approximate surface area is 158 Å².